The molecule has 1 fully saturated rings. The number of aromatic nitrogens is 2. The third kappa shape index (κ3) is 3.80. The molecule has 4 heterocycles. The van der Waals surface area contributed by atoms with Crippen LogP contribution in [0.4, 0.5) is 21.0 Å². The molecule has 4 rings (SSSR count). The SMILES string of the molecule is C=CC(=O)N1CCCC(Nc2nc(Nc3cc(C)ns3)c3c(c2F)CNC3=O)C1. The van der Waals surface area contributed by atoms with Crippen molar-refractivity contribution in [3.05, 3.63) is 41.4 Å². The topological polar surface area (TPSA) is 99.2 Å². The summed E-state index contributed by atoms with van der Waals surface area (Å²) in [5, 5.41) is 9.60. The average molecular weight is 416 g/mol. The minimum Gasteiger partial charge on any atom is -0.363 e. The number of nitrogens with zero attached hydrogens (tertiary/aromatic N) is 3. The van der Waals surface area contributed by atoms with Crippen LogP contribution in [0.25, 0.3) is 0 Å². The molecule has 2 aromatic rings. The Morgan fingerprint density at radius 1 is 1.48 bits per heavy atom. The number of carbonyl (C=O) groups excluding carboxylic acids is 2. The van der Waals surface area contributed by atoms with Gasteiger partial charge in [0.1, 0.15) is 10.8 Å². The first-order valence-electron chi connectivity index (χ1n) is 9.35. The van der Waals surface area contributed by atoms with E-state index < -0.39 is 5.82 Å². The van der Waals surface area contributed by atoms with E-state index in [0.29, 0.717) is 13.1 Å². The predicted molar refractivity (Wildman–Crippen MR) is 109 cm³/mol. The zero-order valence-corrected chi connectivity index (χ0v) is 16.7. The number of nitrogens with one attached hydrogen (secondary N) is 3. The number of piperidine rings is 1. The monoisotopic (exact) mass is 416 g/mol. The molecule has 1 atom stereocenters. The van der Waals surface area contributed by atoms with E-state index in [4.69, 9.17) is 0 Å². The standard InChI is InChI=1S/C19H21FN6O2S/c1-3-14(27)26-6-4-5-11(9-26)22-18-16(20)12-8-21-19(28)15(12)17(24-18)23-13-7-10(2)25-29-13/h3,7,11H,1,4-6,8-9H2,2H3,(H,21,28)(H2,22,23,24). The maximum absolute atomic E-state index is 15.1. The lowest BCUT2D eigenvalue weighted by Crippen LogP contribution is -2.44. The Bertz CT molecular complexity index is 991. The lowest BCUT2D eigenvalue weighted by molar-refractivity contribution is -0.127. The molecule has 29 heavy (non-hydrogen) atoms. The molecule has 8 nitrogen and oxygen atoms in total. The smallest absolute Gasteiger partial charge is 0.255 e. The second kappa shape index (κ2) is 7.78. The van der Waals surface area contributed by atoms with Gasteiger partial charge in [-0.2, -0.15) is 4.37 Å². The highest BCUT2D eigenvalue weighted by molar-refractivity contribution is 7.10. The molecule has 3 N–H and O–H groups in total. The van der Waals surface area contributed by atoms with Crippen LogP contribution >= 0.6 is 11.5 Å². The summed E-state index contributed by atoms with van der Waals surface area (Å²) >= 11 is 1.24. The van der Waals surface area contributed by atoms with Gasteiger partial charge in [-0.15, -0.1) is 0 Å². The molecule has 10 heteroatoms. The van der Waals surface area contributed by atoms with Crippen molar-refractivity contribution < 1.29 is 14.0 Å². The summed E-state index contributed by atoms with van der Waals surface area (Å²) in [6, 6.07) is 1.69. The molecule has 1 unspecified atom stereocenters. The minimum atomic E-state index is -0.545. The maximum atomic E-state index is 15.1. The van der Waals surface area contributed by atoms with Crippen molar-refractivity contribution in [3.63, 3.8) is 0 Å². The number of fused-ring (bicyclic) bond motifs is 1. The highest BCUT2D eigenvalue weighted by Gasteiger charge is 2.31. The van der Waals surface area contributed by atoms with Crippen LogP contribution in [0.5, 0.6) is 0 Å². The van der Waals surface area contributed by atoms with Crippen LogP contribution < -0.4 is 16.0 Å². The number of hydrogen-bond donors (Lipinski definition) is 3. The summed E-state index contributed by atoms with van der Waals surface area (Å²) in [7, 11) is 0. The van der Waals surface area contributed by atoms with E-state index in [1.54, 1.807) is 4.90 Å². The Hall–Kier alpha value is -3.01. The highest BCUT2D eigenvalue weighted by Crippen LogP contribution is 2.33. The molecule has 0 aliphatic carbocycles. The van der Waals surface area contributed by atoms with Crippen molar-refractivity contribution in [2.75, 3.05) is 23.7 Å². The van der Waals surface area contributed by atoms with E-state index in [0.717, 1.165) is 23.5 Å². The molecular formula is C19H21FN6O2S. The number of amides is 2. The first-order valence-corrected chi connectivity index (χ1v) is 10.1. The molecular weight excluding hydrogens is 395 g/mol. The van der Waals surface area contributed by atoms with Crippen molar-refractivity contribution in [2.24, 2.45) is 0 Å². The molecule has 2 amide bonds. The van der Waals surface area contributed by atoms with Crippen LogP contribution in [0.15, 0.2) is 18.7 Å². The Kier molecular flexibility index (Phi) is 5.18. The first kappa shape index (κ1) is 19.3. The summed E-state index contributed by atoms with van der Waals surface area (Å²) in [5.41, 5.74) is 1.34. The van der Waals surface area contributed by atoms with Crippen LogP contribution in [0.2, 0.25) is 0 Å². The van der Waals surface area contributed by atoms with Gasteiger partial charge < -0.3 is 20.9 Å². The molecule has 2 aliphatic rings. The van der Waals surface area contributed by atoms with Gasteiger partial charge in [-0.1, -0.05) is 6.58 Å². The quantitative estimate of drug-likeness (QED) is 0.648. The molecule has 0 radical (unpaired) electrons. The van der Waals surface area contributed by atoms with Crippen molar-refractivity contribution >= 4 is 40.0 Å². The fourth-order valence-corrected chi connectivity index (χ4v) is 4.28. The van der Waals surface area contributed by atoms with Gasteiger partial charge in [0.25, 0.3) is 5.91 Å². The zero-order chi connectivity index (χ0) is 20.5. The molecule has 2 aliphatic heterocycles. The predicted octanol–water partition coefficient (Wildman–Crippen LogP) is 2.56. The van der Waals surface area contributed by atoms with Gasteiger partial charge in [0.05, 0.1) is 11.3 Å². The number of anilines is 3. The molecule has 0 bridgehead atoms. The summed E-state index contributed by atoms with van der Waals surface area (Å²) < 4.78 is 19.3. The van der Waals surface area contributed by atoms with Gasteiger partial charge >= 0.3 is 0 Å². The fraction of sp³-hybridized carbons (Fsp3) is 0.368. The number of pyridine rings is 1. The Morgan fingerprint density at radius 3 is 3.03 bits per heavy atom. The number of halogens is 1. The second-order valence-electron chi connectivity index (χ2n) is 7.09. The number of carbonyl (C=O) groups is 2. The van der Waals surface area contributed by atoms with Crippen molar-refractivity contribution in [1.29, 1.82) is 0 Å². The van der Waals surface area contributed by atoms with E-state index in [1.165, 1.54) is 17.6 Å². The summed E-state index contributed by atoms with van der Waals surface area (Å²) in [6.45, 7) is 6.59. The molecule has 2 aromatic heterocycles. The number of hydrogen-bond acceptors (Lipinski definition) is 7. The zero-order valence-electron chi connectivity index (χ0n) is 15.9. The third-order valence-corrected chi connectivity index (χ3v) is 5.80. The molecule has 0 saturated carbocycles. The Labute approximate surface area is 171 Å². The van der Waals surface area contributed by atoms with E-state index in [9.17, 15) is 9.59 Å². The van der Waals surface area contributed by atoms with Crippen LogP contribution in [0.3, 0.4) is 0 Å². The fourth-order valence-electron chi connectivity index (χ4n) is 3.62. The average Bonchev–Trinajstić information content (AvgIpc) is 3.30. The van der Waals surface area contributed by atoms with Crippen molar-refractivity contribution in [2.45, 2.75) is 32.4 Å². The van der Waals surface area contributed by atoms with Gasteiger partial charge in [0.15, 0.2) is 11.6 Å². The molecule has 0 spiro atoms. The van der Waals surface area contributed by atoms with E-state index in [1.807, 2.05) is 13.0 Å². The Morgan fingerprint density at radius 2 is 2.31 bits per heavy atom. The highest BCUT2D eigenvalue weighted by atomic mass is 32.1. The van der Waals surface area contributed by atoms with Crippen LogP contribution in [-0.4, -0.2) is 45.2 Å². The van der Waals surface area contributed by atoms with Crippen molar-refractivity contribution in [1.82, 2.24) is 19.6 Å². The molecule has 0 aromatic carbocycles. The minimum absolute atomic E-state index is 0.0712. The van der Waals surface area contributed by atoms with Gasteiger partial charge in [0, 0.05) is 31.2 Å². The van der Waals surface area contributed by atoms with Gasteiger partial charge in [0.2, 0.25) is 5.91 Å². The molecule has 1 saturated heterocycles. The lowest BCUT2D eigenvalue weighted by atomic mass is 10.0. The lowest BCUT2D eigenvalue weighted by Gasteiger charge is -2.33. The third-order valence-electron chi connectivity index (χ3n) is 5.01. The van der Waals surface area contributed by atoms with E-state index in [-0.39, 0.29) is 47.2 Å². The second-order valence-corrected chi connectivity index (χ2v) is 7.89. The van der Waals surface area contributed by atoms with Gasteiger partial charge in [-0.25, -0.2) is 9.37 Å². The van der Waals surface area contributed by atoms with Crippen LogP contribution in [0, 0.1) is 12.7 Å². The maximum Gasteiger partial charge on any atom is 0.255 e. The summed E-state index contributed by atoms with van der Waals surface area (Å²) in [4.78, 5) is 30.2. The van der Waals surface area contributed by atoms with E-state index in [2.05, 4.69) is 31.9 Å². The Balaban J connectivity index is 1.63. The van der Waals surface area contributed by atoms with E-state index >= 15 is 4.39 Å². The van der Waals surface area contributed by atoms with Crippen LogP contribution in [-0.2, 0) is 11.3 Å². The summed E-state index contributed by atoms with van der Waals surface area (Å²) in [6.07, 6.45) is 2.87. The summed E-state index contributed by atoms with van der Waals surface area (Å²) in [5.74, 6) is -0.686. The first-order chi connectivity index (χ1) is 14.0. The van der Waals surface area contributed by atoms with Crippen LogP contribution in [0.1, 0.15) is 34.5 Å². The van der Waals surface area contributed by atoms with Gasteiger partial charge in [-0.3, -0.25) is 9.59 Å². The normalized spacial score (nSPS) is 18.2. The molecule has 152 valence electrons. The number of rotatable bonds is 5. The van der Waals surface area contributed by atoms with Gasteiger partial charge in [-0.05, 0) is 43.4 Å². The number of aryl methyl sites for hydroxylation is 1. The largest absolute Gasteiger partial charge is 0.363 e. The number of likely N-dealkylation sites (tertiary alicyclic amines) is 1. The van der Waals surface area contributed by atoms with Crippen molar-refractivity contribution in [3.8, 4) is 0 Å².